The summed E-state index contributed by atoms with van der Waals surface area (Å²) in [5, 5.41) is 2.63. The third-order valence-corrected chi connectivity index (χ3v) is 4.37. The maximum atomic E-state index is 13.5. The zero-order valence-electron chi connectivity index (χ0n) is 14.4. The summed E-state index contributed by atoms with van der Waals surface area (Å²) in [4.78, 5) is 38.0. The van der Waals surface area contributed by atoms with Crippen molar-refractivity contribution in [1.82, 2.24) is 10.2 Å². The Morgan fingerprint density at radius 1 is 1.33 bits per heavy atom. The van der Waals surface area contributed by atoms with E-state index in [0.29, 0.717) is 5.56 Å². The van der Waals surface area contributed by atoms with Gasteiger partial charge in [0.2, 0.25) is 11.8 Å². The number of hydrogen-bond acceptors (Lipinski definition) is 3. The quantitative estimate of drug-likeness (QED) is 0.917. The first kappa shape index (κ1) is 18.1. The van der Waals surface area contributed by atoms with Crippen molar-refractivity contribution in [3.8, 4) is 0 Å². The smallest absolute Gasteiger partial charge is 0.226 e. The van der Waals surface area contributed by atoms with Crippen molar-refractivity contribution < 1.29 is 18.8 Å². The molecule has 2 rings (SSSR count). The number of likely N-dealkylation sites (tertiary alicyclic amines) is 1. The number of rotatable bonds is 4. The Morgan fingerprint density at radius 3 is 2.58 bits per heavy atom. The van der Waals surface area contributed by atoms with E-state index in [0.717, 1.165) is 0 Å². The van der Waals surface area contributed by atoms with Crippen LogP contribution < -0.4 is 5.32 Å². The summed E-state index contributed by atoms with van der Waals surface area (Å²) >= 11 is 0. The van der Waals surface area contributed by atoms with Crippen molar-refractivity contribution in [3.63, 3.8) is 0 Å². The van der Waals surface area contributed by atoms with Gasteiger partial charge in [0.15, 0.2) is 5.78 Å². The SMILES string of the molecule is CN1C(=O)CC(C(=O)NCC(=O)C(C)(C)C)C1c1cccc(F)c1. The number of nitrogens with zero attached hydrogens (tertiary/aromatic N) is 1. The van der Waals surface area contributed by atoms with E-state index in [4.69, 9.17) is 0 Å². The Labute approximate surface area is 141 Å². The highest BCUT2D eigenvalue weighted by Gasteiger charge is 2.42. The van der Waals surface area contributed by atoms with Gasteiger partial charge in [-0.3, -0.25) is 14.4 Å². The van der Waals surface area contributed by atoms with Gasteiger partial charge in [-0.1, -0.05) is 32.9 Å². The zero-order valence-corrected chi connectivity index (χ0v) is 14.4. The van der Waals surface area contributed by atoms with Gasteiger partial charge in [0, 0.05) is 18.9 Å². The average molecular weight is 334 g/mol. The van der Waals surface area contributed by atoms with Crippen molar-refractivity contribution >= 4 is 17.6 Å². The number of benzene rings is 1. The largest absolute Gasteiger partial charge is 0.349 e. The van der Waals surface area contributed by atoms with Crippen LogP contribution in [0, 0.1) is 17.2 Å². The number of halogens is 1. The van der Waals surface area contributed by atoms with Gasteiger partial charge in [0.05, 0.1) is 18.5 Å². The molecule has 2 amide bonds. The molecular formula is C18H23FN2O3. The minimum atomic E-state index is -0.642. The first-order valence-electron chi connectivity index (χ1n) is 7.93. The highest BCUT2D eigenvalue weighted by atomic mass is 19.1. The van der Waals surface area contributed by atoms with Gasteiger partial charge < -0.3 is 10.2 Å². The molecule has 1 aliphatic heterocycles. The molecule has 6 heteroatoms. The van der Waals surface area contributed by atoms with Crippen LogP contribution in [0.1, 0.15) is 38.8 Å². The number of ketones is 1. The number of nitrogens with one attached hydrogen (secondary N) is 1. The van der Waals surface area contributed by atoms with E-state index < -0.39 is 23.2 Å². The molecule has 1 aliphatic rings. The van der Waals surface area contributed by atoms with E-state index in [-0.39, 0.29) is 30.6 Å². The van der Waals surface area contributed by atoms with Crippen LogP contribution in [0.4, 0.5) is 4.39 Å². The maximum Gasteiger partial charge on any atom is 0.226 e. The Bertz CT molecular complexity index is 666. The fraction of sp³-hybridized carbons (Fsp3) is 0.500. The van der Waals surface area contributed by atoms with Crippen molar-refractivity contribution in [3.05, 3.63) is 35.6 Å². The average Bonchev–Trinajstić information content (AvgIpc) is 2.79. The van der Waals surface area contributed by atoms with E-state index in [9.17, 15) is 18.8 Å². The van der Waals surface area contributed by atoms with Crippen LogP contribution in [-0.2, 0) is 14.4 Å². The molecule has 1 fully saturated rings. The summed E-state index contributed by atoms with van der Waals surface area (Å²) < 4.78 is 13.5. The first-order chi connectivity index (χ1) is 11.1. The molecule has 0 bridgehead atoms. The molecule has 0 radical (unpaired) electrons. The Kier molecular flexibility index (Phi) is 5.06. The van der Waals surface area contributed by atoms with Crippen LogP contribution in [0.2, 0.25) is 0 Å². The number of amides is 2. The minimum absolute atomic E-state index is 0.0488. The Morgan fingerprint density at radius 2 is 2.00 bits per heavy atom. The van der Waals surface area contributed by atoms with Gasteiger partial charge in [-0.25, -0.2) is 4.39 Å². The van der Waals surface area contributed by atoms with Gasteiger partial charge >= 0.3 is 0 Å². The fourth-order valence-corrected chi connectivity index (χ4v) is 2.82. The van der Waals surface area contributed by atoms with Crippen molar-refractivity contribution in [1.29, 1.82) is 0 Å². The van der Waals surface area contributed by atoms with E-state index >= 15 is 0 Å². The maximum absolute atomic E-state index is 13.5. The second kappa shape index (κ2) is 6.71. The van der Waals surface area contributed by atoms with Crippen LogP contribution in [0.25, 0.3) is 0 Å². The standard InChI is InChI=1S/C18H23FN2O3/c1-18(2,3)14(22)10-20-17(24)13-9-15(23)21(4)16(13)11-6-5-7-12(19)8-11/h5-8,13,16H,9-10H2,1-4H3,(H,20,24). The zero-order chi connectivity index (χ0) is 18.1. The molecular weight excluding hydrogens is 311 g/mol. The van der Waals surface area contributed by atoms with Crippen LogP contribution in [0.15, 0.2) is 24.3 Å². The Balaban J connectivity index is 2.16. The molecule has 1 aromatic carbocycles. The van der Waals surface area contributed by atoms with Crippen LogP contribution in [0.3, 0.4) is 0 Å². The topological polar surface area (TPSA) is 66.5 Å². The molecule has 24 heavy (non-hydrogen) atoms. The van der Waals surface area contributed by atoms with Gasteiger partial charge in [0.1, 0.15) is 5.82 Å². The summed E-state index contributed by atoms with van der Waals surface area (Å²) in [5.41, 5.74) is 0.0306. The summed E-state index contributed by atoms with van der Waals surface area (Å²) in [7, 11) is 1.60. The Hall–Kier alpha value is -2.24. The van der Waals surface area contributed by atoms with Crippen molar-refractivity contribution in [2.24, 2.45) is 11.3 Å². The van der Waals surface area contributed by atoms with Crippen molar-refractivity contribution in [2.75, 3.05) is 13.6 Å². The molecule has 1 saturated heterocycles. The number of carbonyl (C=O) groups excluding carboxylic acids is 3. The minimum Gasteiger partial charge on any atom is -0.349 e. The summed E-state index contributed by atoms with van der Waals surface area (Å²) in [6.45, 7) is 5.27. The molecule has 1 heterocycles. The van der Waals surface area contributed by atoms with E-state index in [2.05, 4.69) is 5.32 Å². The molecule has 5 nitrogen and oxygen atoms in total. The normalized spacial score (nSPS) is 21.0. The number of hydrogen-bond donors (Lipinski definition) is 1. The lowest BCUT2D eigenvalue weighted by atomic mass is 9.90. The second-order valence-corrected chi connectivity index (χ2v) is 7.21. The molecule has 130 valence electrons. The van der Waals surface area contributed by atoms with Crippen LogP contribution >= 0.6 is 0 Å². The van der Waals surface area contributed by atoms with Gasteiger partial charge in [-0.15, -0.1) is 0 Å². The summed E-state index contributed by atoms with van der Waals surface area (Å²) in [5.74, 6) is -1.68. The highest BCUT2D eigenvalue weighted by molar-refractivity contribution is 5.93. The third kappa shape index (κ3) is 3.80. The van der Waals surface area contributed by atoms with Gasteiger partial charge in [-0.2, -0.15) is 0 Å². The third-order valence-electron chi connectivity index (χ3n) is 4.37. The van der Waals surface area contributed by atoms with Crippen LogP contribution in [0.5, 0.6) is 0 Å². The summed E-state index contributed by atoms with van der Waals surface area (Å²) in [6.07, 6.45) is 0.0488. The van der Waals surface area contributed by atoms with Gasteiger partial charge in [0.25, 0.3) is 0 Å². The van der Waals surface area contributed by atoms with E-state index in [1.165, 1.54) is 17.0 Å². The molecule has 2 atom stereocenters. The van der Waals surface area contributed by atoms with Gasteiger partial charge in [-0.05, 0) is 17.7 Å². The molecule has 0 saturated carbocycles. The predicted octanol–water partition coefficient (Wildman–Crippen LogP) is 2.08. The van der Waals surface area contributed by atoms with E-state index in [1.807, 2.05) is 0 Å². The molecule has 0 spiro atoms. The number of Topliss-reactive ketones (excluding diaryl/α,β-unsaturated/α-hetero) is 1. The summed E-state index contributed by atoms with van der Waals surface area (Å²) in [6, 6.07) is 5.37. The molecule has 2 unspecified atom stereocenters. The lowest BCUT2D eigenvalue weighted by Gasteiger charge is -2.25. The lowest BCUT2D eigenvalue weighted by Crippen LogP contribution is -2.40. The molecule has 1 N–H and O–H groups in total. The van der Waals surface area contributed by atoms with Crippen LogP contribution in [-0.4, -0.2) is 36.1 Å². The fourth-order valence-electron chi connectivity index (χ4n) is 2.82. The molecule has 0 aliphatic carbocycles. The molecule has 1 aromatic rings. The highest BCUT2D eigenvalue weighted by Crippen LogP contribution is 2.37. The monoisotopic (exact) mass is 334 g/mol. The lowest BCUT2D eigenvalue weighted by molar-refractivity contribution is -0.131. The predicted molar refractivity (Wildman–Crippen MR) is 87.5 cm³/mol. The first-order valence-corrected chi connectivity index (χ1v) is 7.93. The second-order valence-electron chi connectivity index (χ2n) is 7.21. The molecule has 0 aromatic heterocycles. The number of carbonyl (C=O) groups is 3. The van der Waals surface area contributed by atoms with E-state index in [1.54, 1.807) is 40.0 Å². The van der Waals surface area contributed by atoms with Crippen molar-refractivity contribution in [2.45, 2.75) is 33.2 Å².